The zero-order chi connectivity index (χ0) is 15.4. The standard InChI is InChI=1S/C15H14ClNO4/c1-15(6-17)10(11(15)14(19)20)12(18)8-4-7-2-3-21-13(7)9(16)5-8/h2-5,10-11H,6,17H2,1H3,(H,19,20). The molecule has 0 saturated heterocycles. The summed E-state index contributed by atoms with van der Waals surface area (Å²) in [6.07, 6.45) is 1.49. The third-order valence-corrected chi connectivity index (χ3v) is 4.70. The third kappa shape index (κ3) is 1.96. The van der Waals surface area contributed by atoms with Crippen molar-refractivity contribution in [2.45, 2.75) is 6.92 Å². The van der Waals surface area contributed by atoms with E-state index in [0.29, 0.717) is 21.6 Å². The van der Waals surface area contributed by atoms with Crippen LogP contribution in [-0.4, -0.2) is 23.4 Å². The van der Waals surface area contributed by atoms with Crippen LogP contribution >= 0.6 is 11.6 Å². The summed E-state index contributed by atoms with van der Waals surface area (Å²) in [6, 6.07) is 4.90. The van der Waals surface area contributed by atoms with Gasteiger partial charge in [-0.15, -0.1) is 0 Å². The Morgan fingerprint density at radius 1 is 1.43 bits per heavy atom. The first-order chi connectivity index (χ1) is 9.90. The summed E-state index contributed by atoms with van der Waals surface area (Å²) in [5, 5.41) is 10.3. The van der Waals surface area contributed by atoms with Gasteiger partial charge in [-0.2, -0.15) is 0 Å². The van der Waals surface area contributed by atoms with Crippen LogP contribution in [0.4, 0.5) is 0 Å². The molecule has 1 aliphatic rings. The van der Waals surface area contributed by atoms with Crippen LogP contribution in [0.2, 0.25) is 5.02 Å². The summed E-state index contributed by atoms with van der Waals surface area (Å²) >= 11 is 6.09. The monoisotopic (exact) mass is 307 g/mol. The van der Waals surface area contributed by atoms with Gasteiger partial charge in [-0.25, -0.2) is 0 Å². The van der Waals surface area contributed by atoms with Gasteiger partial charge in [0.1, 0.15) is 0 Å². The highest BCUT2D eigenvalue weighted by atomic mass is 35.5. The molecule has 2 aromatic rings. The lowest BCUT2D eigenvalue weighted by atomic mass is 9.99. The van der Waals surface area contributed by atoms with Crippen molar-refractivity contribution in [2.24, 2.45) is 23.0 Å². The maximum atomic E-state index is 12.6. The molecule has 21 heavy (non-hydrogen) atoms. The van der Waals surface area contributed by atoms with Crippen molar-refractivity contribution in [3.63, 3.8) is 0 Å². The number of hydrogen-bond donors (Lipinski definition) is 2. The molecule has 1 aromatic carbocycles. The zero-order valence-corrected chi connectivity index (χ0v) is 12.1. The average molecular weight is 308 g/mol. The summed E-state index contributed by atoms with van der Waals surface area (Å²) in [7, 11) is 0. The van der Waals surface area contributed by atoms with Crippen molar-refractivity contribution in [1.29, 1.82) is 0 Å². The molecule has 1 aliphatic carbocycles. The molecule has 5 nitrogen and oxygen atoms in total. The Hall–Kier alpha value is -1.85. The molecule has 1 heterocycles. The number of carbonyl (C=O) groups excluding carboxylic acids is 1. The third-order valence-electron chi connectivity index (χ3n) is 4.42. The van der Waals surface area contributed by atoms with Crippen LogP contribution in [0, 0.1) is 17.3 Å². The Bertz CT molecular complexity index is 753. The van der Waals surface area contributed by atoms with Gasteiger partial charge in [0, 0.05) is 22.3 Å². The number of hydrogen-bond acceptors (Lipinski definition) is 4. The second kappa shape index (κ2) is 4.58. The fourth-order valence-electron chi connectivity index (χ4n) is 3.05. The van der Waals surface area contributed by atoms with Crippen molar-refractivity contribution >= 4 is 34.3 Å². The topological polar surface area (TPSA) is 93.5 Å². The highest BCUT2D eigenvalue weighted by molar-refractivity contribution is 6.35. The highest BCUT2D eigenvalue weighted by Gasteiger charge is 2.67. The quantitative estimate of drug-likeness (QED) is 0.847. The molecule has 3 unspecified atom stereocenters. The van der Waals surface area contributed by atoms with Crippen molar-refractivity contribution < 1.29 is 19.1 Å². The predicted molar refractivity (Wildman–Crippen MR) is 77.3 cm³/mol. The number of rotatable bonds is 4. The van der Waals surface area contributed by atoms with E-state index in [0.717, 1.165) is 0 Å². The van der Waals surface area contributed by atoms with Gasteiger partial charge >= 0.3 is 5.97 Å². The minimum Gasteiger partial charge on any atom is -0.481 e. The Labute approximate surface area is 125 Å². The van der Waals surface area contributed by atoms with Crippen LogP contribution in [0.25, 0.3) is 11.0 Å². The Balaban J connectivity index is 2.00. The number of benzene rings is 1. The lowest BCUT2D eigenvalue weighted by Crippen LogP contribution is -2.19. The van der Waals surface area contributed by atoms with Gasteiger partial charge < -0.3 is 15.3 Å². The maximum Gasteiger partial charge on any atom is 0.307 e. The molecule has 3 rings (SSSR count). The van der Waals surface area contributed by atoms with Crippen LogP contribution in [0.1, 0.15) is 17.3 Å². The second-order valence-corrected chi connectivity index (χ2v) is 6.07. The van der Waals surface area contributed by atoms with Crippen LogP contribution in [0.5, 0.6) is 0 Å². The number of aliphatic carboxylic acids is 1. The molecular weight excluding hydrogens is 294 g/mol. The number of halogens is 1. The number of carboxylic acid groups (broad SMARTS) is 1. The average Bonchev–Trinajstić information content (AvgIpc) is 2.81. The van der Waals surface area contributed by atoms with E-state index in [9.17, 15) is 14.7 Å². The van der Waals surface area contributed by atoms with Gasteiger partial charge in [0.15, 0.2) is 11.4 Å². The number of ketones is 1. The molecule has 110 valence electrons. The molecule has 0 aliphatic heterocycles. The van der Waals surface area contributed by atoms with Gasteiger partial charge in [-0.3, -0.25) is 9.59 Å². The van der Waals surface area contributed by atoms with Crippen molar-refractivity contribution in [2.75, 3.05) is 6.54 Å². The molecule has 3 N–H and O–H groups in total. The number of carboxylic acids is 1. The second-order valence-electron chi connectivity index (χ2n) is 5.66. The summed E-state index contributed by atoms with van der Waals surface area (Å²) in [6.45, 7) is 1.88. The Morgan fingerprint density at radius 3 is 2.71 bits per heavy atom. The van der Waals surface area contributed by atoms with E-state index in [1.54, 1.807) is 19.1 Å². The zero-order valence-electron chi connectivity index (χ0n) is 11.3. The van der Waals surface area contributed by atoms with E-state index in [-0.39, 0.29) is 12.3 Å². The number of furan rings is 1. The Kier molecular flexibility index (Phi) is 3.07. The van der Waals surface area contributed by atoms with E-state index >= 15 is 0 Å². The lowest BCUT2D eigenvalue weighted by Gasteiger charge is -2.06. The van der Waals surface area contributed by atoms with Crippen LogP contribution in [-0.2, 0) is 4.79 Å². The minimum atomic E-state index is -0.989. The number of fused-ring (bicyclic) bond motifs is 1. The van der Waals surface area contributed by atoms with Gasteiger partial charge in [0.25, 0.3) is 0 Å². The molecule has 1 aromatic heterocycles. The molecule has 3 atom stereocenters. The first kappa shape index (κ1) is 14.1. The molecule has 1 fully saturated rings. The molecule has 1 saturated carbocycles. The molecule has 0 bridgehead atoms. The van der Waals surface area contributed by atoms with E-state index in [1.807, 2.05) is 0 Å². The van der Waals surface area contributed by atoms with E-state index < -0.39 is 23.2 Å². The van der Waals surface area contributed by atoms with Crippen LogP contribution in [0.15, 0.2) is 28.9 Å². The van der Waals surface area contributed by atoms with E-state index in [4.69, 9.17) is 21.8 Å². The van der Waals surface area contributed by atoms with Crippen molar-refractivity contribution in [3.8, 4) is 0 Å². The van der Waals surface area contributed by atoms with Gasteiger partial charge in [0.2, 0.25) is 0 Å². The summed E-state index contributed by atoms with van der Waals surface area (Å²) in [5.74, 6) is -2.58. The largest absolute Gasteiger partial charge is 0.481 e. The van der Waals surface area contributed by atoms with Gasteiger partial charge in [-0.05, 0) is 24.7 Å². The van der Waals surface area contributed by atoms with Crippen molar-refractivity contribution in [1.82, 2.24) is 0 Å². The van der Waals surface area contributed by atoms with Crippen molar-refractivity contribution in [3.05, 3.63) is 35.0 Å². The lowest BCUT2D eigenvalue weighted by molar-refractivity contribution is -0.139. The molecular formula is C15H14ClNO4. The smallest absolute Gasteiger partial charge is 0.307 e. The molecule has 0 radical (unpaired) electrons. The predicted octanol–water partition coefficient (Wildman–Crippen LogP) is 2.56. The number of nitrogens with two attached hydrogens (primary N) is 1. The first-order valence-electron chi connectivity index (χ1n) is 6.54. The van der Waals surface area contributed by atoms with Crippen LogP contribution in [0.3, 0.4) is 0 Å². The van der Waals surface area contributed by atoms with Gasteiger partial charge in [0.05, 0.1) is 17.2 Å². The molecule has 0 spiro atoms. The molecule has 0 amide bonds. The normalized spacial score (nSPS) is 27.8. The summed E-state index contributed by atoms with van der Waals surface area (Å²) in [4.78, 5) is 23.9. The van der Waals surface area contributed by atoms with E-state index in [1.165, 1.54) is 12.3 Å². The Morgan fingerprint density at radius 2 is 2.14 bits per heavy atom. The fourth-order valence-corrected chi connectivity index (χ4v) is 3.33. The SMILES string of the molecule is CC1(CN)C(C(=O)O)C1C(=O)c1cc(Cl)c2occc2c1. The van der Waals surface area contributed by atoms with Gasteiger partial charge in [-0.1, -0.05) is 18.5 Å². The summed E-state index contributed by atoms with van der Waals surface area (Å²) < 4.78 is 5.22. The first-order valence-corrected chi connectivity index (χ1v) is 6.92. The summed E-state index contributed by atoms with van der Waals surface area (Å²) in [5.41, 5.74) is 5.86. The maximum absolute atomic E-state index is 12.6. The molecule has 6 heteroatoms. The number of carbonyl (C=O) groups is 2. The highest BCUT2D eigenvalue weighted by Crippen LogP contribution is 2.59. The van der Waals surface area contributed by atoms with E-state index in [2.05, 4.69) is 0 Å². The minimum absolute atomic E-state index is 0.155. The van der Waals surface area contributed by atoms with Crippen LogP contribution < -0.4 is 5.73 Å². The number of Topliss-reactive ketones (excluding diaryl/α,β-unsaturated/α-hetero) is 1. The fraction of sp³-hybridized carbons (Fsp3) is 0.333.